The van der Waals surface area contributed by atoms with Crippen LogP contribution in [0, 0.1) is 5.92 Å². The molecule has 3 N–H and O–H groups in total. The van der Waals surface area contributed by atoms with Crippen LogP contribution in [0.2, 0.25) is 0 Å². The van der Waals surface area contributed by atoms with Crippen LogP contribution in [-0.4, -0.2) is 46.3 Å². The predicted octanol–water partition coefficient (Wildman–Crippen LogP) is 1.92. The van der Waals surface area contributed by atoms with Crippen LogP contribution in [0.1, 0.15) is 47.0 Å². The van der Waals surface area contributed by atoms with E-state index in [0.717, 1.165) is 18.8 Å². The normalized spacial score (nSPS) is 13.6. The fraction of sp³-hybridized carbons (Fsp3) is 0.929. The molecule has 0 aliphatic carbocycles. The lowest BCUT2D eigenvalue weighted by molar-refractivity contribution is 0.489. The summed E-state index contributed by atoms with van der Waals surface area (Å²) in [6.07, 6.45) is 3.01. The van der Waals surface area contributed by atoms with E-state index >= 15 is 0 Å². The maximum atomic E-state index is 11.3. The monoisotopic (exact) mass is 448 g/mol. The van der Waals surface area contributed by atoms with Crippen molar-refractivity contribution in [2.45, 2.75) is 53.0 Å². The number of guanidine groups is 1. The van der Waals surface area contributed by atoms with E-state index in [1.54, 1.807) is 14.0 Å². The maximum Gasteiger partial charge on any atom is 0.211 e. The molecule has 0 aliphatic rings. The summed E-state index contributed by atoms with van der Waals surface area (Å²) in [5.41, 5.74) is 0. The lowest BCUT2D eigenvalue weighted by atomic mass is 10.0. The van der Waals surface area contributed by atoms with Crippen LogP contribution < -0.4 is 15.4 Å². The summed E-state index contributed by atoms with van der Waals surface area (Å²) in [6, 6.07) is 0.372. The van der Waals surface area contributed by atoms with E-state index in [4.69, 9.17) is 0 Å². The molecule has 22 heavy (non-hydrogen) atoms. The Balaban J connectivity index is 0. The molecule has 1 unspecified atom stereocenters. The van der Waals surface area contributed by atoms with Crippen molar-refractivity contribution in [2.75, 3.05) is 25.9 Å². The molecule has 0 spiro atoms. The molecule has 0 heterocycles. The molecule has 0 aromatic rings. The Morgan fingerprint density at radius 1 is 1.14 bits per heavy atom. The number of sulfonamides is 1. The maximum absolute atomic E-state index is 11.3. The van der Waals surface area contributed by atoms with Crippen molar-refractivity contribution in [2.24, 2.45) is 10.9 Å². The van der Waals surface area contributed by atoms with Crippen molar-refractivity contribution in [1.82, 2.24) is 15.4 Å². The molecule has 0 aromatic carbocycles. The van der Waals surface area contributed by atoms with Crippen molar-refractivity contribution < 1.29 is 8.42 Å². The lowest BCUT2D eigenvalue weighted by Crippen LogP contribution is -2.43. The van der Waals surface area contributed by atoms with Crippen LogP contribution in [0.15, 0.2) is 4.99 Å². The van der Waals surface area contributed by atoms with E-state index in [-0.39, 0.29) is 29.7 Å². The van der Waals surface area contributed by atoms with Crippen LogP contribution in [0.3, 0.4) is 0 Å². The Hall–Kier alpha value is -0.0900. The predicted molar refractivity (Wildman–Crippen MR) is 106 cm³/mol. The Kier molecular flexibility index (Phi) is 14.7. The highest BCUT2D eigenvalue weighted by Crippen LogP contribution is 2.06. The van der Waals surface area contributed by atoms with Crippen LogP contribution in [0.5, 0.6) is 0 Å². The zero-order chi connectivity index (χ0) is 16.3. The van der Waals surface area contributed by atoms with Crippen molar-refractivity contribution in [3.05, 3.63) is 0 Å². The van der Waals surface area contributed by atoms with Gasteiger partial charge in [0.15, 0.2) is 5.96 Å². The zero-order valence-electron chi connectivity index (χ0n) is 14.5. The molecule has 0 aromatic heterocycles. The molecule has 0 amide bonds. The fourth-order valence-corrected chi connectivity index (χ4v) is 2.37. The van der Waals surface area contributed by atoms with E-state index in [0.29, 0.717) is 25.0 Å². The molecule has 8 heteroatoms. The minimum atomic E-state index is -3.08. The van der Waals surface area contributed by atoms with Crippen molar-refractivity contribution >= 4 is 40.0 Å². The highest BCUT2D eigenvalue weighted by atomic mass is 127. The lowest BCUT2D eigenvalue weighted by Gasteiger charge is -2.18. The molecule has 0 radical (unpaired) electrons. The summed E-state index contributed by atoms with van der Waals surface area (Å²) < 4.78 is 25.1. The SMILES string of the molecule is CCS(=O)(=O)NCCCNC(=NC)NC(C)CCC(C)C.I. The first-order valence-electron chi connectivity index (χ1n) is 7.75. The molecule has 0 rings (SSSR count). The van der Waals surface area contributed by atoms with E-state index in [9.17, 15) is 8.42 Å². The standard InChI is InChI=1S/C14H32N4O2S.HI/c1-6-21(19,20)17-11-7-10-16-14(15-5)18-13(4)9-8-12(2)3;/h12-13,17H,6-11H2,1-5H3,(H2,15,16,18);1H. The molecule has 134 valence electrons. The van der Waals surface area contributed by atoms with E-state index in [2.05, 4.69) is 41.1 Å². The van der Waals surface area contributed by atoms with Gasteiger partial charge in [0.2, 0.25) is 10.0 Å². The van der Waals surface area contributed by atoms with E-state index in [1.165, 1.54) is 6.42 Å². The Morgan fingerprint density at radius 2 is 1.77 bits per heavy atom. The summed E-state index contributed by atoms with van der Waals surface area (Å²) in [7, 11) is -1.34. The van der Waals surface area contributed by atoms with E-state index in [1.807, 2.05) is 0 Å². The Bertz CT molecular complexity index is 400. The van der Waals surface area contributed by atoms with Gasteiger partial charge in [-0.25, -0.2) is 13.1 Å². The molecule has 0 bridgehead atoms. The van der Waals surface area contributed by atoms with Gasteiger partial charge in [-0.2, -0.15) is 0 Å². The second kappa shape index (κ2) is 13.4. The summed E-state index contributed by atoms with van der Waals surface area (Å²) in [5.74, 6) is 1.59. The molecule has 6 nitrogen and oxygen atoms in total. The first kappa shape index (κ1) is 24.2. The summed E-state index contributed by atoms with van der Waals surface area (Å²) in [5, 5.41) is 6.54. The van der Waals surface area contributed by atoms with Crippen LogP contribution in [0.25, 0.3) is 0 Å². The number of rotatable bonds is 10. The largest absolute Gasteiger partial charge is 0.356 e. The smallest absolute Gasteiger partial charge is 0.211 e. The molecule has 0 fully saturated rings. The molecule has 0 saturated heterocycles. The first-order chi connectivity index (χ1) is 9.80. The number of aliphatic imine (C=N–C) groups is 1. The first-order valence-corrected chi connectivity index (χ1v) is 9.40. The number of nitrogens with one attached hydrogen (secondary N) is 3. The molecule has 1 atom stereocenters. The average molecular weight is 448 g/mol. The number of halogens is 1. The Morgan fingerprint density at radius 3 is 2.27 bits per heavy atom. The van der Waals surface area contributed by atoms with Gasteiger partial charge in [0.05, 0.1) is 5.75 Å². The van der Waals surface area contributed by atoms with Gasteiger partial charge in [0, 0.05) is 26.2 Å². The summed E-state index contributed by atoms with van der Waals surface area (Å²) in [4.78, 5) is 4.17. The van der Waals surface area contributed by atoms with Gasteiger partial charge in [-0.15, -0.1) is 24.0 Å². The van der Waals surface area contributed by atoms with Gasteiger partial charge in [0.1, 0.15) is 0 Å². The average Bonchev–Trinajstić information content (AvgIpc) is 2.43. The minimum Gasteiger partial charge on any atom is -0.356 e. The molecule has 0 saturated carbocycles. The number of hydrogen-bond acceptors (Lipinski definition) is 3. The third-order valence-corrected chi connectivity index (χ3v) is 4.54. The summed E-state index contributed by atoms with van der Waals surface area (Å²) in [6.45, 7) is 9.34. The van der Waals surface area contributed by atoms with Crippen LogP contribution in [-0.2, 0) is 10.0 Å². The molecule has 0 aliphatic heterocycles. The summed E-state index contributed by atoms with van der Waals surface area (Å²) >= 11 is 0. The minimum absolute atomic E-state index is 0. The van der Waals surface area contributed by atoms with Crippen molar-refractivity contribution in [3.8, 4) is 0 Å². The third kappa shape index (κ3) is 13.6. The second-order valence-electron chi connectivity index (χ2n) is 5.67. The quantitative estimate of drug-likeness (QED) is 0.207. The second-order valence-corrected chi connectivity index (χ2v) is 7.76. The highest BCUT2D eigenvalue weighted by molar-refractivity contribution is 14.0. The van der Waals surface area contributed by atoms with Crippen LogP contribution >= 0.6 is 24.0 Å². The van der Waals surface area contributed by atoms with Gasteiger partial charge in [-0.1, -0.05) is 13.8 Å². The zero-order valence-corrected chi connectivity index (χ0v) is 17.6. The number of nitrogens with zero attached hydrogens (tertiary/aromatic N) is 1. The number of hydrogen-bond donors (Lipinski definition) is 3. The fourth-order valence-electron chi connectivity index (χ4n) is 1.71. The third-order valence-electron chi connectivity index (χ3n) is 3.13. The van der Waals surface area contributed by atoms with Crippen molar-refractivity contribution in [3.63, 3.8) is 0 Å². The van der Waals surface area contributed by atoms with Gasteiger partial charge < -0.3 is 10.6 Å². The topological polar surface area (TPSA) is 82.6 Å². The van der Waals surface area contributed by atoms with Gasteiger partial charge in [0.25, 0.3) is 0 Å². The highest BCUT2D eigenvalue weighted by Gasteiger charge is 2.07. The van der Waals surface area contributed by atoms with E-state index < -0.39 is 10.0 Å². The molecular weight excluding hydrogens is 415 g/mol. The van der Waals surface area contributed by atoms with Crippen molar-refractivity contribution in [1.29, 1.82) is 0 Å². The molecular formula is C14H33IN4O2S. The van der Waals surface area contributed by atoms with Crippen LogP contribution in [0.4, 0.5) is 0 Å². The Labute approximate surface area is 153 Å². The van der Waals surface area contributed by atoms with Gasteiger partial charge in [-0.05, 0) is 39.0 Å². The van der Waals surface area contributed by atoms with Gasteiger partial charge in [-0.3, -0.25) is 4.99 Å². The van der Waals surface area contributed by atoms with Gasteiger partial charge >= 0.3 is 0 Å².